The number of phenolic OH excluding ortho intramolecular Hbond substituents is 1. The van der Waals surface area contributed by atoms with E-state index >= 15 is 0 Å². The van der Waals surface area contributed by atoms with Crippen molar-refractivity contribution in [2.24, 2.45) is 5.92 Å². The van der Waals surface area contributed by atoms with Crippen LogP contribution < -0.4 is 14.2 Å². The van der Waals surface area contributed by atoms with Crippen molar-refractivity contribution in [1.29, 1.82) is 0 Å². The summed E-state index contributed by atoms with van der Waals surface area (Å²) in [7, 11) is 2.87. The van der Waals surface area contributed by atoms with Gasteiger partial charge in [0.25, 0.3) is 0 Å². The van der Waals surface area contributed by atoms with Crippen molar-refractivity contribution in [3.8, 4) is 23.0 Å². The second kappa shape index (κ2) is 10.5. The summed E-state index contributed by atoms with van der Waals surface area (Å²) < 4.78 is 33.9. The summed E-state index contributed by atoms with van der Waals surface area (Å²) in [6.45, 7) is -0.341. The van der Waals surface area contributed by atoms with Crippen molar-refractivity contribution in [3.05, 3.63) is 47.5 Å². The average molecular weight is 537 g/mol. The summed E-state index contributed by atoms with van der Waals surface area (Å²) in [6, 6.07) is 9.75. The zero-order valence-corrected chi connectivity index (χ0v) is 20.8. The molecule has 38 heavy (non-hydrogen) atoms. The Kier molecular flexibility index (Phi) is 7.42. The van der Waals surface area contributed by atoms with E-state index in [2.05, 4.69) is 0 Å². The highest BCUT2D eigenvalue weighted by atomic mass is 16.7. The Bertz CT molecular complexity index is 1140. The molecule has 208 valence electrons. The van der Waals surface area contributed by atoms with Gasteiger partial charge in [0.2, 0.25) is 6.29 Å². The first-order chi connectivity index (χ1) is 18.2. The minimum Gasteiger partial charge on any atom is -0.504 e. The largest absolute Gasteiger partial charge is 0.504 e. The summed E-state index contributed by atoms with van der Waals surface area (Å²) in [4.78, 5) is 0. The zero-order chi connectivity index (χ0) is 27.2. The molecule has 3 aliphatic heterocycles. The van der Waals surface area contributed by atoms with Crippen LogP contribution in [0.3, 0.4) is 0 Å². The van der Waals surface area contributed by atoms with Gasteiger partial charge in [0, 0.05) is 5.92 Å². The van der Waals surface area contributed by atoms with E-state index in [4.69, 9.17) is 28.4 Å². The Labute approximate surface area is 218 Å². The molecule has 4 unspecified atom stereocenters. The van der Waals surface area contributed by atoms with Crippen molar-refractivity contribution in [3.63, 3.8) is 0 Å². The van der Waals surface area contributed by atoms with Crippen LogP contribution in [0.5, 0.6) is 23.0 Å². The van der Waals surface area contributed by atoms with Gasteiger partial charge in [-0.3, -0.25) is 0 Å². The molecule has 6 N–H and O–H groups in total. The van der Waals surface area contributed by atoms with E-state index in [1.807, 2.05) is 0 Å². The number of aliphatic hydroxyl groups excluding tert-OH is 4. The minimum absolute atomic E-state index is 0.0155. The molecule has 9 atom stereocenters. The van der Waals surface area contributed by atoms with Gasteiger partial charge in [0.05, 0.1) is 40.1 Å². The van der Waals surface area contributed by atoms with Gasteiger partial charge in [-0.1, -0.05) is 12.1 Å². The van der Waals surface area contributed by atoms with Crippen molar-refractivity contribution >= 4 is 0 Å². The van der Waals surface area contributed by atoms with Crippen LogP contribution in [-0.4, -0.2) is 101 Å². The third-order valence-corrected chi connectivity index (χ3v) is 7.51. The van der Waals surface area contributed by atoms with Gasteiger partial charge in [0.15, 0.2) is 23.0 Å². The lowest BCUT2D eigenvalue weighted by Gasteiger charge is -2.39. The second-order valence-electron chi connectivity index (χ2n) is 9.70. The molecule has 0 amide bonds. The Morgan fingerprint density at radius 3 is 2.32 bits per heavy atom. The summed E-state index contributed by atoms with van der Waals surface area (Å²) in [5.74, 6) is 0.307. The van der Waals surface area contributed by atoms with Gasteiger partial charge >= 0.3 is 0 Å². The third-order valence-electron chi connectivity index (χ3n) is 7.51. The molecule has 0 radical (unpaired) electrons. The van der Waals surface area contributed by atoms with Crippen LogP contribution in [-0.2, 0) is 14.2 Å². The van der Waals surface area contributed by atoms with E-state index in [9.17, 15) is 30.6 Å². The first-order valence-electron chi connectivity index (χ1n) is 12.2. The highest BCUT2D eigenvalue weighted by Crippen LogP contribution is 2.54. The monoisotopic (exact) mass is 536 g/mol. The predicted octanol–water partition coefficient (Wildman–Crippen LogP) is -0.222. The van der Waals surface area contributed by atoms with Crippen LogP contribution in [0.1, 0.15) is 23.3 Å². The van der Waals surface area contributed by atoms with Gasteiger partial charge in [0.1, 0.15) is 36.1 Å². The van der Waals surface area contributed by atoms with Crippen molar-refractivity contribution < 1.29 is 59.1 Å². The predicted molar refractivity (Wildman–Crippen MR) is 128 cm³/mol. The standard InChI is InChI=1S/C26H32O12/c1-33-17-8-13(3-5-15(17)28)24-26(32)11-36-23(14(26)10-35-24)12-4-6-16(18(7-12)34-2)37-25-22(31)21(30)20(29)19(9-27)38-25/h3-8,14,19-25,27-32H,9-11H2,1-2H3/t14?,19-,20-,21+,22-,23?,24?,25-,26?/m1/s1. The van der Waals surface area contributed by atoms with Gasteiger partial charge < -0.3 is 59.1 Å². The van der Waals surface area contributed by atoms with E-state index in [0.29, 0.717) is 11.1 Å². The van der Waals surface area contributed by atoms with E-state index in [0.717, 1.165) is 0 Å². The summed E-state index contributed by atoms with van der Waals surface area (Å²) >= 11 is 0. The molecular weight excluding hydrogens is 504 g/mol. The smallest absolute Gasteiger partial charge is 0.229 e. The number of methoxy groups -OCH3 is 2. The number of fused-ring (bicyclic) bond motifs is 1. The second-order valence-corrected chi connectivity index (χ2v) is 9.70. The first kappa shape index (κ1) is 26.9. The van der Waals surface area contributed by atoms with E-state index in [1.165, 1.54) is 20.3 Å². The summed E-state index contributed by atoms with van der Waals surface area (Å²) in [5.41, 5.74) is 0.0111. The van der Waals surface area contributed by atoms with Gasteiger partial charge in [-0.05, 0) is 35.4 Å². The van der Waals surface area contributed by atoms with E-state index in [1.54, 1.807) is 30.3 Å². The number of aromatic hydroxyl groups is 1. The Morgan fingerprint density at radius 1 is 0.895 bits per heavy atom. The topological polar surface area (TPSA) is 177 Å². The van der Waals surface area contributed by atoms with Crippen LogP contribution in [0, 0.1) is 5.92 Å². The van der Waals surface area contributed by atoms with Crippen molar-refractivity contribution in [2.75, 3.05) is 34.0 Å². The molecular formula is C26H32O12. The molecule has 3 fully saturated rings. The van der Waals surface area contributed by atoms with Crippen LogP contribution in [0.15, 0.2) is 36.4 Å². The summed E-state index contributed by atoms with van der Waals surface area (Å²) in [5, 5.41) is 61.3. The average Bonchev–Trinajstić information content (AvgIpc) is 3.43. The number of hydrogen-bond donors (Lipinski definition) is 6. The number of phenols is 1. The number of benzene rings is 2. The highest BCUT2D eigenvalue weighted by molar-refractivity contribution is 5.46. The number of ether oxygens (including phenoxy) is 6. The molecule has 12 nitrogen and oxygen atoms in total. The van der Waals surface area contributed by atoms with Crippen LogP contribution >= 0.6 is 0 Å². The maximum absolute atomic E-state index is 11.6. The SMILES string of the molecule is COc1cc(C2OCC3C(c4ccc(O[C@@H]5O[C@H](CO)[C@@H](O)[C@H](O)[C@H]5O)c(OC)c4)OCC23O)ccc1O. The van der Waals surface area contributed by atoms with Crippen molar-refractivity contribution in [2.45, 2.75) is 48.5 Å². The Balaban J connectivity index is 1.35. The molecule has 3 saturated heterocycles. The number of rotatable bonds is 7. The molecule has 12 heteroatoms. The summed E-state index contributed by atoms with van der Waals surface area (Å²) in [6.07, 6.45) is -8.36. The molecule has 0 aromatic heterocycles. The Morgan fingerprint density at radius 2 is 1.61 bits per heavy atom. The third kappa shape index (κ3) is 4.46. The lowest BCUT2D eigenvalue weighted by atomic mass is 9.81. The van der Waals surface area contributed by atoms with Gasteiger partial charge in [-0.15, -0.1) is 0 Å². The van der Waals surface area contributed by atoms with Gasteiger partial charge in [-0.2, -0.15) is 0 Å². The Hall–Kier alpha value is -2.68. The maximum Gasteiger partial charge on any atom is 0.229 e. The quantitative estimate of drug-likeness (QED) is 0.275. The number of aliphatic hydroxyl groups is 5. The van der Waals surface area contributed by atoms with Crippen LogP contribution in [0.4, 0.5) is 0 Å². The molecule has 0 aliphatic carbocycles. The normalized spacial score (nSPS) is 36.6. The molecule has 3 heterocycles. The van der Waals surface area contributed by atoms with Crippen LogP contribution in [0.25, 0.3) is 0 Å². The molecule has 5 rings (SSSR count). The van der Waals surface area contributed by atoms with E-state index in [-0.39, 0.29) is 36.2 Å². The zero-order valence-electron chi connectivity index (χ0n) is 20.8. The highest BCUT2D eigenvalue weighted by Gasteiger charge is 2.59. The molecule has 2 aromatic carbocycles. The fraction of sp³-hybridized carbons (Fsp3) is 0.538. The molecule has 0 bridgehead atoms. The van der Waals surface area contributed by atoms with Gasteiger partial charge in [-0.25, -0.2) is 0 Å². The molecule has 0 saturated carbocycles. The molecule has 3 aliphatic rings. The fourth-order valence-corrected chi connectivity index (χ4v) is 5.37. The lowest BCUT2D eigenvalue weighted by Crippen LogP contribution is -2.60. The minimum atomic E-state index is -1.58. The molecule has 2 aromatic rings. The van der Waals surface area contributed by atoms with E-state index < -0.39 is 61.0 Å². The van der Waals surface area contributed by atoms with Crippen molar-refractivity contribution in [1.82, 2.24) is 0 Å². The van der Waals surface area contributed by atoms with Crippen LogP contribution in [0.2, 0.25) is 0 Å². The first-order valence-corrected chi connectivity index (χ1v) is 12.2. The maximum atomic E-state index is 11.6. The molecule has 0 spiro atoms. The lowest BCUT2D eigenvalue weighted by molar-refractivity contribution is -0.277. The fourth-order valence-electron chi connectivity index (χ4n) is 5.37. The number of hydrogen-bond acceptors (Lipinski definition) is 12.